The van der Waals surface area contributed by atoms with E-state index in [4.69, 9.17) is 12.2 Å². The number of thiocarbonyl (C=S) groups is 1. The van der Waals surface area contributed by atoms with Crippen LogP contribution in [0.2, 0.25) is 0 Å². The van der Waals surface area contributed by atoms with Crippen LogP contribution in [0.1, 0.15) is 66.7 Å². The zero-order chi connectivity index (χ0) is 16.1. The molecule has 0 spiro atoms. The summed E-state index contributed by atoms with van der Waals surface area (Å²) >= 11 is 6.80. The van der Waals surface area contributed by atoms with Crippen LogP contribution in [0.15, 0.2) is 34.9 Å². The first-order valence-electron chi connectivity index (χ1n) is 7.81. The summed E-state index contributed by atoms with van der Waals surface area (Å²) in [6.45, 7) is 10.8. The summed E-state index contributed by atoms with van der Waals surface area (Å²) in [5, 5.41) is 0. The largest absolute Gasteiger partial charge is 0.324 e. The SMILES string of the molecule is CCC(=S)NSCC=C(C)CCC=C(C)CCC=C(C)C. The van der Waals surface area contributed by atoms with Gasteiger partial charge in [-0.3, -0.25) is 0 Å². The summed E-state index contributed by atoms with van der Waals surface area (Å²) in [5.74, 6) is 0.981. The summed E-state index contributed by atoms with van der Waals surface area (Å²) in [4.78, 5) is 0.931. The quantitative estimate of drug-likeness (QED) is 0.216. The maximum Gasteiger partial charge on any atom is 0.0849 e. The van der Waals surface area contributed by atoms with E-state index in [2.05, 4.69) is 57.6 Å². The second kappa shape index (κ2) is 13.1. The molecule has 0 amide bonds. The molecular formula is C18H31NS2. The lowest BCUT2D eigenvalue weighted by Gasteiger charge is -2.03. The molecule has 0 aromatic rings. The second-order valence-corrected chi connectivity index (χ2v) is 6.97. The highest BCUT2D eigenvalue weighted by molar-refractivity contribution is 7.99. The van der Waals surface area contributed by atoms with Gasteiger partial charge in [0.05, 0.1) is 4.99 Å². The first-order valence-corrected chi connectivity index (χ1v) is 9.20. The van der Waals surface area contributed by atoms with Crippen molar-refractivity contribution in [2.45, 2.75) is 66.7 Å². The van der Waals surface area contributed by atoms with E-state index in [1.54, 1.807) is 11.9 Å². The highest BCUT2D eigenvalue weighted by Gasteiger charge is 1.93. The van der Waals surface area contributed by atoms with Crippen molar-refractivity contribution in [3.05, 3.63) is 34.9 Å². The lowest BCUT2D eigenvalue weighted by Crippen LogP contribution is -2.11. The molecule has 0 aliphatic rings. The monoisotopic (exact) mass is 325 g/mol. The van der Waals surface area contributed by atoms with Crippen molar-refractivity contribution in [1.29, 1.82) is 0 Å². The van der Waals surface area contributed by atoms with Gasteiger partial charge in [0.2, 0.25) is 0 Å². The molecule has 0 aromatic heterocycles. The molecule has 0 aliphatic heterocycles. The molecule has 0 rings (SSSR count). The summed E-state index contributed by atoms with van der Waals surface area (Å²) in [6, 6.07) is 0. The third-order valence-electron chi connectivity index (χ3n) is 3.14. The van der Waals surface area contributed by atoms with Crippen molar-refractivity contribution in [2.24, 2.45) is 0 Å². The minimum atomic E-state index is 0.918. The molecule has 0 radical (unpaired) electrons. The summed E-state index contributed by atoms with van der Waals surface area (Å²) in [7, 11) is 0. The number of nitrogens with one attached hydrogen (secondary N) is 1. The van der Waals surface area contributed by atoms with Crippen LogP contribution in [-0.2, 0) is 0 Å². The molecule has 0 aliphatic carbocycles. The van der Waals surface area contributed by atoms with Crippen molar-refractivity contribution in [2.75, 3.05) is 5.75 Å². The third-order valence-corrected chi connectivity index (χ3v) is 4.39. The lowest BCUT2D eigenvalue weighted by molar-refractivity contribution is 0.917. The molecule has 0 aromatic carbocycles. The zero-order valence-electron chi connectivity index (χ0n) is 14.3. The summed E-state index contributed by atoms with van der Waals surface area (Å²) in [6.07, 6.45) is 12.6. The Labute approximate surface area is 141 Å². The molecular weight excluding hydrogens is 294 g/mol. The first kappa shape index (κ1) is 20.5. The molecule has 0 unspecified atom stereocenters. The molecule has 1 nitrogen and oxygen atoms in total. The Morgan fingerprint density at radius 1 is 0.952 bits per heavy atom. The van der Waals surface area contributed by atoms with Crippen LogP contribution in [0.5, 0.6) is 0 Å². The Balaban J connectivity index is 3.83. The predicted molar refractivity (Wildman–Crippen MR) is 104 cm³/mol. The highest BCUT2D eigenvalue weighted by Crippen LogP contribution is 2.12. The van der Waals surface area contributed by atoms with Crippen molar-refractivity contribution in [3.63, 3.8) is 0 Å². The lowest BCUT2D eigenvalue weighted by atomic mass is 10.1. The summed E-state index contributed by atoms with van der Waals surface area (Å²) < 4.78 is 3.18. The van der Waals surface area contributed by atoms with Crippen molar-refractivity contribution < 1.29 is 0 Å². The predicted octanol–water partition coefficient (Wildman–Crippen LogP) is 6.38. The minimum Gasteiger partial charge on any atom is -0.324 e. The Morgan fingerprint density at radius 2 is 1.52 bits per heavy atom. The van der Waals surface area contributed by atoms with Gasteiger partial charge in [-0.2, -0.15) is 0 Å². The maximum absolute atomic E-state index is 5.12. The summed E-state index contributed by atoms with van der Waals surface area (Å²) in [5.41, 5.74) is 4.37. The van der Waals surface area contributed by atoms with Crippen LogP contribution in [0.25, 0.3) is 0 Å². The third kappa shape index (κ3) is 14.2. The molecule has 0 heterocycles. The Bertz CT molecular complexity index is 388. The van der Waals surface area contributed by atoms with E-state index in [0.29, 0.717) is 0 Å². The fourth-order valence-electron chi connectivity index (χ4n) is 1.72. The van der Waals surface area contributed by atoms with Gasteiger partial charge >= 0.3 is 0 Å². The maximum atomic E-state index is 5.12. The Hall–Kier alpha value is -0.540. The zero-order valence-corrected chi connectivity index (χ0v) is 15.9. The molecule has 3 heteroatoms. The van der Waals surface area contributed by atoms with Crippen LogP contribution < -0.4 is 4.72 Å². The van der Waals surface area contributed by atoms with Crippen LogP contribution in [0, 0.1) is 0 Å². The van der Waals surface area contributed by atoms with Gasteiger partial charge in [-0.25, -0.2) is 0 Å². The standard InChI is InChI=1S/C18H31NS2/c1-6-18(20)19-21-14-13-17(5)12-8-11-16(4)10-7-9-15(2)3/h9,11,13H,6-8,10,12,14H2,1-5H3,(H,19,20). The van der Waals surface area contributed by atoms with E-state index in [9.17, 15) is 0 Å². The van der Waals surface area contributed by atoms with E-state index in [1.807, 2.05) is 0 Å². The Morgan fingerprint density at radius 3 is 2.10 bits per heavy atom. The Kier molecular flexibility index (Phi) is 12.8. The molecule has 1 N–H and O–H groups in total. The number of hydrogen-bond acceptors (Lipinski definition) is 2. The van der Waals surface area contributed by atoms with Crippen LogP contribution in [0.3, 0.4) is 0 Å². The molecule has 0 saturated heterocycles. The van der Waals surface area contributed by atoms with Gasteiger partial charge in [-0.15, -0.1) is 0 Å². The number of rotatable bonds is 10. The molecule has 120 valence electrons. The molecule has 0 fully saturated rings. The molecule has 0 saturated carbocycles. The average Bonchev–Trinajstić information content (AvgIpc) is 2.42. The van der Waals surface area contributed by atoms with Crippen molar-refractivity contribution >= 4 is 29.2 Å². The van der Waals surface area contributed by atoms with E-state index in [-0.39, 0.29) is 0 Å². The van der Waals surface area contributed by atoms with E-state index in [0.717, 1.165) is 30.0 Å². The first-order chi connectivity index (χ1) is 9.95. The fourth-order valence-corrected chi connectivity index (χ4v) is 2.65. The van der Waals surface area contributed by atoms with E-state index < -0.39 is 0 Å². The minimum absolute atomic E-state index is 0.918. The fraction of sp³-hybridized carbons (Fsp3) is 0.611. The van der Waals surface area contributed by atoms with Crippen molar-refractivity contribution in [3.8, 4) is 0 Å². The van der Waals surface area contributed by atoms with Gasteiger partial charge in [-0.1, -0.05) is 54.1 Å². The van der Waals surface area contributed by atoms with Gasteiger partial charge in [0.1, 0.15) is 0 Å². The number of hydrogen-bond donors (Lipinski definition) is 1. The molecule has 0 bridgehead atoms. The van der Waals surface area contributed by atoms with Crippen molar-refractivity contribution in [1.82, 2.24) is 4.72 Å². The topological polar surface area (TPSA) is 12.0 Å². The van der Waals surface area contributed by atoms with Crippen LogP contribution in [0.4, 0.5) is 0 Å². The number of allylic oxidation sites excluding steroid dienone is 5. The van der Waals surface area contributed by atoms with Gasteiger partial charge in [0.15, 0.2) is 0 Å². The van der Waals surface area contributed by atoms with Crippen LogP contribution >= 0.6 is 24.2 Å². The highest BCUT2D eigenvalue weighted by atomic mass is 32.2. The van der Waals surface area contributed by atoms with Gasteiger partial charge in [-0.05, 0) is 71.7 Å². The molecule has 0 atom stereocenters. The normalized spacial score (nSPS) is 12.2. The second-order valence-electron chi connectivity index (χ2n) is 5.65. The average molecular weight is 326 g/mol. The van der Waals surface area contributed by atoms with Gasteiger partial charge in [0.25, 0.3) is 0 Å². The van der Waals surface area contributed by atoms with Gasteiger partial charge in [0, 0.05) is 5.75 Å². The van der Waals surface area contributed by atoms with Gasteiger partial charge < -0.3 is 4.72 Å². The smallest absolute Gasteiger partial charge is 0.0849 e. The van der Waals surface area contributed by atoms with E-state index >= 15 is 0 Å². The molecule has 21 heavy (non-hydrogen) atoms. The van der Waals surface area contributed by atoms with Crippen LogP contribution in [-0.4, -0.2) is 10.7 Å². The van der Waals surface area contributed by atoms with E-state index in [1.165, 1.54) is 29.6 Å².